The molecule has 5 nitrogen and oxygen atoms in total. The highest BCUT2D eigenvalue weighted by Crippen LogP contribution is 2.22. The van der Waals surface area contributed by atoms with Gasteiger partial charge in [-0.05, 0) is 32.4 Å². The van der Waals surface area contributed by atoms with Gasteiger partial charge in [-0.15, -0.1) is 11.3 Å². The molecule has 1 heterocycles. The first-order chi connectivity index (χ1) is 7.88. The van der Waals surface area contributed by atoms with Crippen LogP contribution in [0.25, 0.3) is 0 Å². The van der Waals surface area contributed by atoms with E-state index in [1.54, 1.807) is 14.0 Å². The summed E-state index contributed by atoms with van der Waals surface area (Å²) in [7, 11) is 1.63. The molecule has 0 bridgehead atoms. The van der Waals surface area contributed by atoms with Gasteiger partial charge < -0.3 is 15.8 Å². The first kappa shape index (κ1) is 13.5. The Hall–Kier alpha value is -1.56. The number of nitrogens with zero attached hydrogens (tertiary/aromatic N) is 2. The second-order valence-corrected chi connectivity index (χ2v) is 5.22. The fourth-order valence-corrected chi connectivity index (χ4v) is 2.33. The topological polar surface area (TPSA) is 78.9 Å². The lowest BCUT2D eigenvalue weighted by Crippen LogP contribution is -2.43. The van der Waals surface area contributed by atoms with Crippen molar-refractivity contribution in [2.45, 2.75) is 26.8 Å². The molecule has 1 rings (SSSR count). The van der Waals surface area contributed by atoms with Crippen molar-refractivity contribution in [2.24, 2.45) is 10.9 Å². The van der Waals surface area contributed by atoms with Gasteiger partial charge in [0.2, 0.25) is 0 Å². The number of aryl methyl sites for hydroxylation is 2. The fourth-order valence-electron chi connectivity index (χ4n) is 1.31. The number of amides is 1. The van der Waals surface area contributed by atoms with Crippen LogP contribution in [0.4, 0.5) is 0 Å². The predicted octanol–water partition coefficient (Wildman–Crippen LogP) is 1.57. The van der Waals surface area contributed by atoms with E-state index in [4.69, 9.17) is 10.9 Å². The van der Waals surface area contributed by atoms with Gasteiger partial charge in [0, 0.05) is 11.9 Å². The Kier molecular flexibility index (Phi) is 4.11. The van der Waals surface area contributed by atoms with E-state index >= 15 is 0 Å². The number of hydrogen-bond donors (Lipinski definition) is 2. The molecule has 0 spiro atoms. The summed E-state index contributed by atoms with van der Waals surface area (Å²) in [6.45, 7) is 5.65. The van der Waals surface area contributed by atoms with E-state index in [-0.39, 0.29) is 11.7 Å². The summed E-state index contributed by atoms with van der Waals surface area (Å²) in [5.74, 6) is -0.101. The highest BCUT2D eigenvalue weighted by molar-refractivity contribution is 7.14. The van der Waals surface area contributed by atoms with Crippen LogP contribution in [0, 0.1) is 13.8 Å². The number of amidine groups is 1. The smallest absolute Gasteiger partial charge is 0.264 e. The molecular formula is C11H17N3O2S. The van der Waals surface area contributed by atoms with E-state index in [9.17, 15) is 4.79 Å². The van der Waals surface area contributed by atoms with Crippen molar-refractivity contribution < 1.29 is 10.0 Å². The third-order valence-electron chi connectivity index (χ3n) is 2.82. The number of carbonyl (C=O) groups is 1. The molecule has 0 aliphatic rings. The van der Waals surface area contributed by atoms with Crippen molar-refractivity contribution in [3.05, 3.63) is 21.4 Å². The molecule has 17 heavy (non-hydrogen) atoms. The lowest BCUT2D eigenvalue weighted by Gasteiger charge is -2.23. The molecule has 0 saturated heterocycles. The van der Waals surface area contributed by atoms with Gasteiger partial charge in [0.15, 0.2) is 5.84 Å². The molecule has 6 heteroatoms. The first-order valence-electron chi connectivity index (χ1n) is 5.20. The molecule has 1 aromatic heterocycles. The minimum Gasteiger partial charge on any atom is -0.409 e. The summed E-state index contributed by atoms with van der Waals surface area (Å²) in [4.78, 5) is 15.4. The van der Waals surface area contributed by atoms with Crippen LogP contribution in [0.2, 0.25) is 0 Å². The van der Waals surface area contributed by atoms with Crippen LogP contribution < -0.4 is 5.73 Å². The maximum absolute atomic E-state index is 12.1. The molecule has 0 aliphatic carbocycles. The quantitative estimate of drug-likeness (QED) is 0.372. The van der Waals surface area contributed by atoms with Crippen LogP contribution in [0.15, 0.2) is 11.2 Å². The molecule has 0 fully saturated rings. The van der Waals surface area contributed by atoms with E-state index in [0.717, 1.165) is 10.4 Å². The predicted molar refractivity (Wildman–Crippen MR) is 68.8 cm³/mol. The van der Waals surface area contributed by atoms with Gasteiger partial charge in [-0.3, -0.25) is 4.79 Å². The van der Waals surface area contributed by atoms with Crippen LogP contribution in [0.5, 0.6) is 0 Å². The lowest BCUT2D eigenvalue weighted by atomic mass is 10.2. The third-order valence-corrected chi connectivity index (χ3v) is 3.96. The van der Waals surface area contributed by atoms with Crippen molar-refractivity contribution in [3.8, 4) is 0 Å². The average Bonchev–Trinajstić information content (AvgIpc) is 2.65. The van der Waals surface area contributed by atoms with Gasteiger partial charge in [0.1, 0.15) is 0 Å². The van der Waals surface area contributed by atoms with Crippen LogP contribution in [-0.4, -0.2) is 34.9 Å². The Morgan fingerprint density at radius 1 is 1.59 bits per heavy atom. The molecule has 1 unspecified atom stereocenters. The largest absolute Gasteiger partial charge is 0.409 e. The van der Waals surface area contributed by atoms with Gasteiger partial charge in [0.25, 0.3) is 5.91 Å². The van der Waals surface area contributed by atoms with Gasteiger partial charge in [-0.1, -0.05) is 5.16 Å². The Labute approximate surface area is 105 Å². The van der Waals surface area contributed by atoms with E-state index in [0.29, 0.717) is 4.88 Å². The second kappa shape index (κ2) is 5.18. The molecule has 1 amide bonds. The zero-order chi connectivity index (χ0) is 13.2. The number of oxime groups is 1. The van der Waals surface area contributed by atoms with Crippen molar-refractivity contribution in [2.75, 3.05) is 7.05 Å². The van der Waals surface area contributed by atoms with Gasteiger partial charge >= 0.3 is 0 Å². The van der Waals surface area contributed by atoms with Gasteiger partial charge in [-0.25, -0.2) is 0 Å². The second-order valence-electron chi connectivity index (χ2n) is 3.97. The van der Waals surface area contributed by atoms with E-state index in [1.165, 1.54) is 16.2 Å². The van der Waals surface area contributed by atoms with Crippen molar-refractivity contribution in [1.82, 2.24) is 4.90 Å². The standard InChI is InChI=1S/C11H17N3O2S/c1-6-5-9(17-8(6)3)11(15)14(4)7(2)10(12)13-16/h5,7,16H,1-4H3,(H2,12,13). The monoisotopic (exact) mass is 255 g/mol. The number of rotatable bonds is 3. The average molecular weight is 255 g/mol. The molecule has 0 saturated carbocycles. The van der Waals surface area contributed by atoms with Gasteiger partial charge in [-0.2, -0.15) is 0 Å². The Bertz CT molecular complexity index is 434. The minimum absolute atomic E-state index is 0.0193. The highest BCUT2D eigenvalue weighted by atomic mass is 32.1. The summed E-state index contributed by atoms with van der Waals surface area (Å²) < 4.78 is 0. The molecule has 94 valence electrons. The van der Waals surface area contributed by atoms with E-state index in [1.807, 2.05) is 19.9 Å². The minimum atomic E-state index is -0.435. The van der Waals surface area contributed by atoms with Crippen LogP contribution in [-0.2, 0) is 0 Å². The van der Waals surface area contributed by atoms with Crippen LogP contribution in [0.1, 0.15) is 27.0 Å². The maximum Gasteiger partial charge on any atom is 0.264 e. The number of hydrogen-bond acceptors (Lipinski definition) is 4. The summed E-state index contributed by atoms with van der Waals surface area (Å²) in [5.41, 5.74) is 6.58. The third kappa shape index (κ3) is 2.76. The Morgan fingerprint density at radius 2 is 2.18 bits per heavy atom. The summed E-state index contributed by atoms with van der Waals surface area (Å²) in [6, 6.07) is 1.42. The molecule has 3 N–H and O–H groups in total. The Morgan fingerprint density at radius 3 is 2.59 bits per heavy atom. The van der Waals surface area contributed by atoms with Crippen molar-refractivity contribution in [1.29, 1.82) is 0 Å². The molecule has 0 aliphatic heterocycles. The molecule has 0 aromatic carbocycles. The maximum atomic E-state index is 12.1. The van der Waals surface area contributed by atoms with E-state index < -0.39 is 6.04 Å². The molecular weight excluding hydrogens is 238 g/mol. The lowest BCUT2D eigenvalue weighted by molar-refractivity contribution is 0.0781. The first-order valence-corrected chi connectivity index (χ1v) is 6.01. The number of likely N-dealkylation sites (N-methyl/N-ethyl adjacent to an activating group) is 1. The van der Waals surface area contributed by atoms with Gasteiger partial charge in [0.05, 0.1) is 10.9 Å². The van der Waals surface area contributed by atoms with Crippen molar-refractivity contribution >= 4 is 23.1 Å². The SMILES string of the molecule is Cc1cc(C(=O)N(C)C(C)C(N)=NO)sc1C. The molecule has 0 radical (unpaired) electrons. The van der Waals surface area contributed by atoms with Crippen molar-refractivity contribution in [3.63, 3.8) is 0 Å². The number of nitrogens with two attached hydrogens (primary N) is 1. The Balaban J connectivity index is 2.90. The van der Waals surface area contributed by atoms with E-state index in [2.05, 4.69) is 5.16 Å². The summed E-state index contributed by atoms with van der Waals surface area (Å²) >= 11 is 1.45. The fraction of sp³-hybridized carbons (Fsp3) is 0.455. The molecule has 1 aromatic rings. The summed E-state index contributed by atoms with van der Waals surface area (Å²) in [5, 5.41) is 11.5. The normalized spacial score (nSPS) is 13.5. The van der Waals surface area contributed by atoms with Crippen LogP contribution >= 0.6 is 11.3 Å². The molecule has 1 atom stereocenters. The number of thiophene rings is 1. The summed E-state index contributed by atoms with van der Waals surface area (Å²) in [6.07, 6.45) is 0. The van der Waals surface area contributed by atoms with Crippen LogP contribution in [0.3, 0.4) is 0 Å². The zero-order valence-corrected chi connectivity index (χ0v) is 11.2. The highest BCUT2D eigenvalue weighted by Gasteiger charge is 2.22. The number of carbonyl (C=O) groups excluding carboxylic acids is 1. The zero-order valence-electron chi connectivity index (χ0n) is 10.4.